The van der Waals surface area contributed by atoms with Gasteiger partial charge in [-0.3, -0.25) is 14.7 Å². The molecule has 3 rings (SSSR count). The maximum Gasteiger partial charge on any atom is 0.245 e. The SMILES string of the molecule is CCCCN(C)C1(C(=O)N[C@@H](Cc2cc(F)cc(F)c2)[C@H](O)CNCc2cccc(CC)c2)C=C(C#N)N=CC1. The topological polar surface area (TPSA) is 101 Å². The molecule has 0 saturated carbocycles. The molecule has 0 bridgehead atoms. The van der Waals surface area contributed by atoms with Crippen LogP contribution in [-0.2, 0) is 24.2 Å². The van der Waals surface area contributed by atoms with E-state index in [1.165, 1.54) is 17.7 Å². The first-order valence-electron chi connectivity index (χ1n) is 13.8. The number of nitrogens with zero attached hydrogens (tertiary/aromatic N) is 3. The second-order valence-corrected chi connectivity index (χ2v) is 10.3. The van der Waals surface area contributed by atoms with Crippen molar-refractivity contribution in [3.05, 3.63) is 82.6 Å². The predicted octanol–water partition coefficient (Wildman–Crippen LogP) is 4.06. The van der Waals surface area contributed by atoms with E-state index in [0.717, 1.165) is 30.9 Å². The molecule has 0 aliphatic carbocycles. The lowest BCUT2D eigenvalue weighted by Gasteiger charge is -2.40. The Hall–Kier alpha value is -3.45. The van der Waals surface area contributed by atoms with E-state index in [4.69, 9.17) is 0 Å². The Morgan fingerprint density at radius 2 is 1.90 bits per heavy atom. The Bertz CT molecular complexity index is 1240. The lowest BCUT2D eigenvalue weighted by molar-refractivity contribution is -0.131. The van der Waals surface area contributed by atoms with E-state index < -0.39 is 35.2 Å². The minimum atomic E-state index is -1.19. The summed E-state index contributed by atoms with van der Waals surface area (Å²) in [7, 11) is 1.82. The van der Waals surface area contributed by atoms with Crippen LogP contribution < -0.4 is 10.6 Å². The zero-order valence-electron chi connectivity index (χ0n) is 23.5. The van der Waals surface area contributed by atoms with Crippen LogP contribution in [0.3, 0.4) is 0 Å². The van der Waals surface area contributed by atoms with Gasteiger partial charge in [0.2, 0.25) is 5.91 Å². The van der Waals surface area contributed by atoms with Crippen molar-refractivity contribution in [3.8, 4) is 6.07 Å². The fraction of sp³-hybridized carbons (Fsp3) is 0.452. The number of unbranched alkanes of at least 4 members (excludes halogenated alkanes) is 1. The number of hydrogen-bond donors (Lipinski definition) is 3. The fourth-order valence-electron chi connectivity index (χ4n) is 4.88. The Morgan fingerprint density at radius 3 is 2.58 bits per heavy atom. The normalized spacial score (nSPS) is 18.2. The number of likely N-dealkylation sites (N-methyl/N-ethyl adjacent to an activating group) is 1. The first-order valence-corrected chi connectivity index (χ1v) is 13.8. The summed E-state index contributed by atoms with van der Waals surface area (Å²) in [5, 5.41) is 26.9. The summed E-state index contributed by atoms with van der Waals surface area (Å²) in [6, 6.07) is 12.5. The van der Waals surface area contributed by atoms with E-state index >= 15 is 0 Å². The molecule has 0 saturated heterocycles. The van der Waals surface area contributed by atoms with Gasteiger partial charge >= 0.3 is 0 Å². The summed E-state index contributed by atoms with van der Waals surface area (Å²) >= 11 is 0. The first-order chi connectivity index (χ1) is 19.2. The standard InChI is InChI=1S/C31H39F2N5O2/c1-4-6-12-38(3)31(10-11-36-27(18-31)19-34)30(40)37-28(16-24-14-25(32)17-26(33)15-24)29(39)21-35-20-23-9-7-8-22(5-2)13-23/h7-9,11,13-15,17-18,28-29,35,39H,4-6,10,12,16,20-21H2,1-3H3,(H,37,40)/t28-,29+,31?/m0/s1. The van der Waals surface area contributed by atoms with Crippen molar-refractivity contribution in [3.63, 3.8) is 0 Å². The molecule has 1 amide bonds. The summed E-state index contributed by atoms with van der Waals surface area (Å²) in [4.78, 5) is 19.9. The van der Waals surface area contributed by atoms with Crippen LogP contribution in [0.2, 0.25) is 0 Å². The van der Waals surface area contributed by atoms with Crippen molar-refractivity contribution in [1.82, 2.24) is 15.5 Å². The highest BCUT2D eigenvalue weighted by molar-refractivity contribution is 5.93. The summed E-state index contributed by atoms with van der Waals surface area (Å²) in [5.74, 6) is -1.88. The third-order valence-corrected chi connectivity index (χ3v) is 7.29. The number of allylic oxidation sites excluding steroid dienone is 1. The lowest BCUT2D eigenvalue weighted by atomic mass is 9.88. The number of halogens is 2. The average molecular weight is 552 g/mol. The maximum absolute atomic E-state index is 14.0. The maximum atomic E-state index is 14.0. The number of carbonyl (C=O) groups is 1. The molecule has 2 aromatic rings. The summed E-state index contributed by atoms with van der Waals surface area (Å²) < 4.78 is 28.0. The molecule has 2 aromatic carbocycles. The molecular formula is C31H39F2N5O2. The Kier molecular flexibility index (Phi) is 11.5. The minimum absolute atomic E-state index is 0.00620. The number of aliphatic imine (C=N–C) groups is 1. The monoisotopic (exact) mass is 551 g/mol. The largest absolute Gasteiger partial charge is 0.390 e. The molecule has 9 heteroatoms. The van der Waals surface area contributed by atoms with Crippen LogP contribution in [0, 0.1) is 23.0 Å². The van der Waals surface area contributed by atoms with Crippen LogP contribution >= 0.6 is 0 Å². The molecule has 1 aliphatic rings. The number of aliphatic hydroxyl groups excluding tert-OH is 1. The van der Waals surface area contributed by atoms with Crippen LogP contribution in [-0.4, -0.2) is 60.0 Å². The molecule has 1 aliphatic heterocycles. The van der Waals surface area contributed by atoms with Crippen LogP contribution in [0.15, 0.2) is 59.2 Å². The van der Waals surface area contributed by atoms with Gasteiger partial charge in [-0.15, -0.1) is 0 Å². The van der Waals surface area contributed by atoms with Gasteiger partial charge in [-0.05, 0) is 67.8 Å². The second kappa shape index (κ2) is 14.8. The van der Waals surface area contributed by atoms with Gasteiger partial charge < -0.3 is 15.7 Å². The predicted molar refractivity (Wildman–Crippen MR) is 153 cm³/mol. The van der Waals surface area contributed by atoms with Crippen molar-refractivity contribution >= 4 is 12.1 Å². The number of benzene rings is 2. The average Bonchev–Trinajstić information content (AvgIpc) is 2.94. The van der Waals surface area contributed by atoms with Crippen molar-refractivity contribution in [2.75, 3.05) is 20.1 Å². The van der Waals surface area contributed by atoms with Gasteiger partial charge in [-0.1, -0.05) is 44.5 Å². The highest BCUT2D eigenvalue weighted by atomic mass is 19.1. The Morgan fingerprint density at radius 1 is 1.18 bits per heavy atom. The summed E-state index contributed by atoms with van der Waals surface area (Å²) in [6.45, 7) is 5.38. The van der Waals surface area contributed by atoms with E-state index in [2.05, 4.69) is 41.6 Å². The first kappa shape index (κ1) is 31.1. The van der Waals surface area contributed by atoms with Crippen LogP contribution in [0.25, 0.3) is 0 Å². The van der Waals surface area contributed by atoms with E-state index in [1.54, 1.807) is 12.3 Å². The van der Waals surface area contributed by atoms with E-state index in [-0.39, 0.29) is 25.1 Å². The summed E-state index contributed by atoms with van der Waals surface area (Å²) in [6.07, 6.45) is 4.97. The van der Waals surface area contributed by atoms with Crippen molar-refractivity contribution in [2.45, 2.75) is 70.2 Å². The Balaban J connectivity index is 1.84. The number of aryl methyl sites for hydroxylation is 1. The molecule has 0 fully saturated rings. The number of hydrogen-bond acceptors (Lipinski definition) is 6. The highest BCUT2D eigenvalue weighted by Crippen LogP contribution is 2.27. The van der Waals surface area contributed by atoms with Gasteiger partial charge in [-0.25, -0.2) is 8.78 Å². The van der Waals surface area contributed by atoms with Gasteiger partial charge in [-0.2, -0.15) is 5.26 Å². The molecule has 0 aromatic heterocycles. The number of aliphatic hydroxyl groups is 1. The molecule has 3 atom stereocenters. The van der Waals surface area contributed by atoms with Crippen LogP contribution in [0.4, 0.5) is 8.78 Å². The van der Waals surface area contributed by atoms with E-state index in [0.29, 0.717) is 18.7 Å². The van der Waals surface area contributed by atoms with Crippen molar-refractivity contribution < 1.29 is 18.7 Å². The Labute approximate surface area is 235 Å². The quantitative estimate of drug-likeness (QED) is 0.329. The van der Waals surface area contributed by atoms with Gasteiger partial charge in [0.15, 0.2) is 0 Å². The number of nitrogens with one attached hydrogen (secondary N) is 2. The number of nitriles is 1. The number of amides is 1. The fourth-order valence-corrected chi connectivity index (χ4v) is 4.88. The number of carbonyl (C=O) groups excluding carboxylic acids is 1. The summed E-state index contributed by atoms with van der Waals surface area (Å²) in [5.41, 5.74) is 1.51. The zero-order chi connectivity index (χ0) is 29.1. The van der Waals surface area contributed by atoms with Crippen molar-refractivity contribution in [2.24, 2.45) is 4.99 Å². The van der Waals surface area contributed by atoms with Gasteiger partial charge in [0, 0.05) is 31.8 Å². The molecule has 1 heterocycles. The molecule has 214 valence electrons. The van der Waals surface area contributed by atoms with Gasteiger partial charge in [0.25, 0.3) is 0 Å². The van der Waals surface area contributed by atoms with Gasteiger partial charge in [0.1, 0.15) is 28.9 Å². The lowest BCUT2D eigenvalue weighted by Crippen LogP contribution is -2.61. The van der Waals surface area contributed by atoms with Crippen molar-refractivity contribution in [1.29, 1.82) is 5.26 Å². The molecule has 40 heavy (non-hydrogen) atoms. The van der Waals surface area contributed by atoms with E-state index in [9.17, 15) is 23.9 Å². The van der Waals surface area contributed by atoms with E-state index in [1.807, 2.05) is 30.1 Å². The number of rotatable bonds is 14. The zero-order valence-corrected chi connectivity index (χ0v) is 23.5. The molecule has 3 N–H and O–H groups in total. The van der Waals surface area contributed by atoms with Crippen LogP contribution in [0.5, 0.6) is 0 Å². The second-order valence-electron chi connectivity index (χ2n) is 10.3. The molecule has 1 unspecified atom stereocenters. The smallest absolute Gasteiger partial charge is 0.245 e. The van der Waals surface area contributed by atoms with Gasteiger partial charge in [0.05, 0.1) is 12.1 Å². The third kappa shape index (κ3) is 8.28. The molecular weight excluding hydrogens is 512 g/mol. The third-order valence-electron chi connectivity index (χ3n) is 7.29. The molecule has 7 nitrogen and oxygen atoms in total. The minimum Gasteiger partial charge on any atom is -0.390 e. The highest BCUT2D eigenvalue weighted by Gasteiger charge is 2.43. The van der Waals surface area contributed by atoms with Crippen LogP contribution in [0.1, 0.15) is 49.8 Å². The molecule has 0 radical (unpaired) electrons. The molecule has 0 spiro atoms.